The van der Waals surface area contributed by atoms with Crippen LogP contribution in [0.1, 0.15) is 30.9 Å². The van der Waals surface area contributed by atoms with Crippen molar-refractivity contribution in [3.63, 3.8) is 0 Å². The Bertz CT molecular complexity index is 1300. The normalized spacial score (nSPS) is 18.0. The Balaban J connectivity index is 1.21. The molecular weight excluding hydrogens is 412 g/mol. The van der Waals surface area contributed by atoms with Gasteiger partial charge in [0.2, 0.25) is 5.91 Å². The molecule has 0 bridgehead atoms. The second kappa shape index (κ2) is 8.91. The van der Waals surface area contributed by atoms with Gasteiger partial charge in [-0.1, -0.05) is 12.1 Å². The van der Waals surface area contributed by atoms with E-state index in [2.05, 4.69) is 46.1 Å². The third kappa shape index (κ3) is 4.37. The third-order valence-electron chi connectivity index (χ3n) is 6.57. The van der Waals surface area contributed by atoms with E-state index in [0.29, 0.717) is 24.3 Å². The molecule has 1 aromatic carbocycles. The van der Waals surface area contributed by atoms with E-state index >= 15 is 0 Å². The monoisotopic (exact) mass is 438 g/mol. The predicted molar refractivity (Wildman–Crippen MR) is 126 cm³/mol. The van der Waals surface area contributed by atoms with Gasteiger partial charge in [-0.25, -0.2) is 4.98 Å². The number of nitrogens with one attached hydrogen (secondary N) is 1. The summed E-state index contributed by atoms with van der Waals surface area (Å²) >= 11 is 0. The summed E-state index contributed by atoms with van der Waals surface area (Å²) in [7, 11) is 0. The molecule has 166 valence electrons. The number of aromatic nitrogens is 4. The number of hydrogen-bond acceptors (Lipinski definition) is 4. The molecule has 4 heterocycles. The summed E-state index contributed by atoms with van der Waals surface area (Å²) in [6, 6.07) is 16.1. The lowest BCUT2D eigenvalue weighted by Gasteiger charge is -2.21. The average molecular weight is 439 g/mol. The lowest BCUT2D eigenvalue weighted by Crippen LogP contribution is -2.34. The zero-order chi connectivity index (χ0) is 22.8. The zero-order valence-electron chi connectivity index (χ0n) is 18.6. The van der Waals surface area contributed by atoms with Gasteiger partial charge < -0.3 is 9.47 Å². The van der Waals surface area contributed by atoms with Gasteiger partial charge in [0.25, 0.3) is 0 Å². The molecule has 33 heavy (non-hydrogen) atoms. The van der Waals surface area contributed by atoms with Gasteiger partial charge in [-0.2, -0.15) is 10.4 Å². The maximum atomic E-state index is 12.9. The van der Waals surface area contributed by atoms with E-state index in [4.69, 9.17) is 10.2 Å². The lowest BCUT2D eigenvalue weighted by atomic mass is 10.1. The number of carbonyl (C=O) groups is 1. The molecule has 0 radical (unpaired) electrons. The van der Waals surface area contributed by atoms with Crippen LogP contribution in [0.2, 0.25) is 0 Å². The molecule has 1 amide bonds. The fourth-order valence-corrected chi connectivity index (χ4v) is 4.83. The Morgan fingerprint density at radius 1 is 1.21 bits per heavy atom. The van der Waals surface area contributed by atoms with Crippen molar-refractivity contribution in [1.29, 1.82) is 5.26 Å². The molecule has 4 aromatic rings. The van der Waals surface area contributed by atoms with Gasteiger partial charge in [0.05, 0.1) is 34.6 Å². The molecule has 0 spiro atoms. The number of pyridine rings is 1. The van der Waals surface area contributed by atoms with Crippen LogP contribution in [0.5, 0.6) is 0 Å². The fraction of sp³-hybridized carbons (Fsp3) is 0.308. The second-order valence-corrected chi connectivity index (χ2v) is 8.86. The number of carbonyl (C=O) groups excluding carboxylic acids is 1. The summed E-state index contributed by atoms with van der Waals surface area (Å²) < 4.78 is 2.25. The number of benzene rings is 1. The van der Waals surface area contributed by atoms with E-state index in [1.165, 1.54) is 0 Å². The molecule has 1 unspecified atom stereocenters. The number of aromatic amines is 1. The molecule has 0 saturated carbocycles. The summed E-state index contributed by atoms with van der Waals surface area (Å²) in [5.74, 6) is 0.626. The molecule has 2 atom stereocenters. The number of H-pyrrole nitrogens is 1. The Kier molecular flexibility index (Phi) is 5.66. The van der Waals surface area contributed by atoms with Crippen LogP contribution in [0.4, 0.5) is 0 Å². The summed E-state index contributed by atoms with van der Waals surface area (Å²) in [6.07, 6.45) is 7.91. The van der Waals surface area contributed by atoms with Crippen LogP contribution >= 0.6 is 0 Å². The van der Waals surface area contributed by atoms with Crippen LogP contribution < -0.4 is 0 Å². The van der Waals surface area contributed by atoms with Crippen LogP contribution in [0.25, 0.3) is 22.3 Å². The molecule has 3 aromatic heterocycles. The minimum atomic E-state index is 0.207. The van der Waals surface area contributed by atoms with Crippen LogP contribution in [-0.4, -0.2) is 43.1 Å². The Labute approximate surface area is 192 Å². The molecular formula is C26H26N6O. The van der Waals surface area contributed by atoms with E-state index in [0.717, 1.165) is 47.4 Å². The van der Waals surface area contributed by atoms with Gasteiger partial charge in [-0.15, -0.1) is 0 Å². The molecule has 1 fully saturated rings. The predicted octanol–water partition coefficient (Wildman–Crippen LogP) is 4.17. The first-order valence-corrected chi connectivity index (χ1v) is 11.3. The number of amides is 1. The van der Waals surface area contributed by atoms with Crippen molar-refractivity contribution >= 4 is 16.9 Å². The topological polar surface area (TPSA) is 90.6 Å². The Hall–Kier alpha value is -3.92. The molecule has 1 aliphatic heterocycles. The Morgan fingerprint density at radius 3 is 2.82 bits per heavy atom. The fourth-order valence-electron chi connectivity index (χ4n) is 4.83. The van der Waals surface area contributed by atoms with Crippen LogP contribution in [-0.2, 0) is 17.8 Å². The van der Waals surface area contributed by atoms with Crippen molar-refractivity contribution in [2.75, 3.05) is 6.54 Å². The quantitative estimate of drug-likeness (QED) is 0.489. The number of nitriles is 1. The minimum Gasteiger partial charge on any atom is -0.346 e. The summed E-state index contributed by atoms with van der Waals surface area (Å²) in [5, 5.41) is 15.8. The van der Waals surface area contributed by atoms with Crippen LogP contribution in [0.15, 0.2) is 61.1 Å². The average Bonchev–Trinajstić information content (AvgIpc) is 3.58. The number of nitrogens with zero attached hydrogens (tertiary/aromatic N) is 5. The molecule has 1 saturated heterocycles. The standard InChI is InChI=1S/C26H26N6O/c1-18-12-21(17-32(18)26(33)9-6-19-2-4-20(13-27)5-3-19)16-31-11-10-24-25(31)8-7-23(30-24)22-14-28-29-15-22/h2-5,7-8,10-11,14-15,18,21H,6,9,12,16-17H2,1H3,(H,28,29)/t18-,21?/m0/s1. The molecule has 5 rings (SSSR count). The van der Waals surface area contributed by atoms with Gasteiger partial charge in [0, 0.05) is 43.5 Å². The van der Waals surface area contributed by atoms with Gasteiger partial charge in [0.15, 0.2) is 0 Å². The highest BCUT2D eigenvalue weighted by Gasteiger charge is 2.32. The van der Waals surface area contributed by atoms with Gasteiger partial charge in [-0.3, -0.25) is 9.89 Å². The van der Waals surface area contributed by atoms with Crippen molar-refractivity contribution in [2.45, 2.75) is 38.8 Å². The SMILES string of the molecule is C[C@H]1CC(Cn2ccc3nc(-c4cn[nH]c4)ccc32)CN1C(=O)CCc1ccc(C#N)cc1. The molecule has 1 N–H and O–H groups in total. The molecule has 7 heteroatoms. The second-order valence-electron chi connectivity index (χ2n) is 8.86. The van der Waals surface area contributed by atoms with Crippen molar-refractivity contribution in [3.05, 3.63) is 72.2 Å². The number of fused-ring (bicyclic) bond motifs is 1. The summed E-state index contributed by atoms with van der Waals surface area (Å²) in [5.41, 5.74) is 5.70. The Morgan fingerprint density at radius 2 is 2.06 bits per heavy atom. The first kappa shape index (κ1) is 21.0. The third-order valence-corrected chi connectivity index (χ3v) is 6.57. The van der Waals surface area contributed by atoms with Gasteiger partial charge >= 0.3 is 0 Å². The van der Waals surface area contributed by atoms with Gasteiger partial charge in [-0.05, 0) is 61.6 Å². The highest BCUT2D eigenvalue weighted by Crippen LogP contribution is 2.28. The first-order valence-electron chi connectivity index (χ1n) is 11.3. The molecule has 0 aliphatic carbocycles. The van der Waals surface area contributed by atoms with Crippen molar-refractivity contribution in [1.82, 2.24) is 24.6 Å². The van der Waals surface area contributed by atoms with Crippen LogP contribution in [0, 0.1) is 17.2 Å². The highest BCUT2D eigenvalue weighted by atomic mass is 16.2. The summed E-state index contributed by atoms with van der Waals surface area (Å²) in [4.78, 5) is 19.7. The molecule has 1 aliphatic rings. The zero-order valence-corrected chi connectivity index (χ0v) is 18.6. The number of rotatable bonds is 6. The van der Waals surface area contributed by atoms with Crippen LogP contribution in [0.3, 0.4) is 0 Å². The maximum Gasteiger partial charge on any atom is 0.223 e. The molecule has 7 nitrogen and oxygen atoms in total. The van der Waals surface area contributed by atoms with Crippen molar-refractivity contribution in [2.24, 2.45) is 5.92 Å². The number of aryl methyl sites for hydroxylation is 1. The summed E-state index contributed by atoms with van der Waals surface area (Å²) in [6.45, 7) is 3.81. The first-order chi connectivity index (χ1) is 16.1. The van der Waals surface area contributed by atoms with E-state index in [-0.39, 0.29) is 11.9 Å². The number of hydrogen-bond donors (Lipinski definition) is 1. The van der Waals surface area contributed by atoms with Crippen molar-refractivity contribution in [3.8, 4) is 17.3 Å². The van der Waals surface area contributed by atoms with E-state index < -0.39 is 0 Å². The van der Waals surface area contributed by atoms with E-state index in [1.807, 2.05) is 41.4 Å². The largest absolute Gasteiger partial charge is 0.346 e. The minimum absolute atomic E-state index is 0.207. The van der Waals surface area contributed by atoms with Crippen molar-refractivity contribution < 1.29 is 4.79 Å². The smallest absolute Gasteiger partial charge is 0.223 e. The maximum absolute atomic E-state index is 12.9. The van der Waals surface area contributed by atoms with Gasteiger partial charge in [0.1, 0.15) is 0 Å². The van der Waals surface area contributed by atoms with E-state index in [1.54, 1.807) is 6.20 Å². The van der Waals surface area contributed by atoms with E-state index in [9.17, 15) is 4.79 Å². The number of likely N-dealkylation sites (tertiary alicyclic amines) is 1. The highest BCUT2D eigenvalue weighted by molar-refractivity contribution is 5.79. The lowest BCUT2D eigenvalue weighted by molar-refractivity contribution is -0.131.